The maximum absolute atomic E-state index is 12.5. The van der Waals surface area contributed by atoms with Crippen molar-refractivity contribution in [2.45, 2.75) is 13.8 Å². The summed E-state index contributed by atoms with van der Waals surface area (Å²) in [5.41, 5.74) is 2.41. The second-order valence-corrected chi connectivity index (χ2v) is 5.38. The predicted molar refractivity (Wildman–Crippen MR) is 75.1 cm³/mol. The number of aryl methyl sites for hydroxylation is 2. The average Bonchev–Trinajstić information content (AvgIpc) is 2.34. The first-order valence-corrected chi connectivity index (χ1v) is 6.42. The predicted octanol–water partition coefficient (Wildman–Crippen LogP) is 4.03. The number of fused-ring (bicyclic) bond motifs is 2. The van der Waals surface area contributed by atoms with Crippen molar-refractivity contribution in [1.29, 1.82) is 0 Å². The summed E-state index contributed by atoms with van der Waals surface area (Å²) < 4.78 is 2.19. The zero-order chi connectivity index (χ0) is 12.0. The van der Waals surface area contributed by atoms with Gasteiger partial charge in [-0.25, -0.2) is 0 Å². The van der Waals surface area contributed by atoms with E-state index in [1.165, 1.54) is 5.56 Å². The van der Waals surface area contributed by atoms with Crippen LogP contribution in [-0.4, -0.2) is 0 Å². The molecule has 2 heteroatoms. The fraction of sp³-hybridized carbons (Fsp3) is 0.133. The first-order valence-electron chi connectivity index (χ1n) is 5.60. The van der Waals surface area contributed by atoms with Crippen molar-refractivity contribution in [1.82, 2.24) is 0 Å². The highest BCUT2D eigenvalue weighted by molar-refractivity contribution is 7.24. The molecular formula is C15H12OS. The summed E-state index contributed by atoms with van der Waals surface area (Å²) in [5.74, 6) is 0. The van der Waals surface area contributed by atoms with E-state index in [4.69, 9.17) is 0 Å². The van der Waals surface area contributed by atoms with Crippen LogP contribution in [-0.2, 0) is 0 Å². The van der Waals surface area contributed by atoms with Crippen LogP contribution in [0.15, 0.2) is 41.2 Å². The molecule has 17 heavy (non-hydrogen) atoms. The molecule has 1 nitrogen and oxygen atoms in total. The molecule has 0 saturated heterocycles. The van der Waals surface area contributed by atoms with Crippen molar-refractivity contribution in [2.24, 2.45) is 0 Å². The molecule has 0 radical (unpaired) electrons. The van der Waals surface area contributed by atoms with Crippen LogP contribution in [0.3, 0.4) is 0 Å². The normalized spacial score (nSPS) is 11.2. The van der Waals surface area contributed by atoms with Crippen molar-refractivity contribution >= 4 is 31.5 Å². The third kappa shape index (κ3) is 1.48. The molecule has 0 bridgehead atoms. The molecule has 0 N–H and O–H groups in total. The molecule has 0 fully saturated rings. The number of benzene rings is 2. The van der Waals surface area contributed by atoms with Gasteiger partial charge in [-0.05, 0) is 37.1 Å². The Labute approximate surface area is 103 Å². The van der Waals surface area contributed by atoms with Gasteiger partial charge in [0.1, 0.15) is 0 Å². The van der Waals surface area contributed by atoms with E-state index in [1.54, 1.807) is 11.3 Å². The Morgan fingerprint density at radius 1 is 0.941 bits per heavy atom. The molecule has 0 aliphatic carbocycles. The third-order valence-corrected chi connectivity index (χ3v) is 4.44. The van der Waals surface area contributed by atoms with Crippen LogP contribution >= 0.6 is 11.3 Å². The summed E-state index contributed by atoms with van der Waals surface area (Å²) in [4.78, 5) is 12.5. The van der Waals surface area contributed by atoms with Gasteiger partial charge in [-0.2, -0.15) is 0 Å². The highest BCUT2D eigenvalue weighted by Crippen LogP contribution is 2.28. The average molecular weight is 240 g/mol. The van der Waals surface area contributed by atoms with Gasteiger partial charge < -0.3 is 0 Å². The molecule has 1 heterocycles. The molecule has 3 aromatic rings. The molecule has 0 saturated carbocycles. The summed E-state index contributed by atoms with van der Waals surface area (Å²) in [6.45, 7) is 4.07. The summed E-state index contributed by atoms with van der Waals surface area (Å²) >= 11 is 1.71. The van der Waals surface area contributed by atoms with Gasteiger partial charge >= 0.3 is 0 Å². The molecule has 0 unspecified atom stereocenters. The van der Waals surface area contributed by atoms with E-state index in [-0.39, 0.29) is 5.43 Å². The van der Waals surface area contributed by atoms with Gasteiger partial charge in [0.15, 0.2) is 5.43 Å². The Balaban J connectivity index is 2.69. The molecule has 0 aliphatic heterocycles. The summed E-state index contributed by atoms with van der Waals surface area (Å²) in [6.07, 6.45) is 0. The van der Waals surface area contributed by atoms with Gasteiger partial charge in [0.25, 0.3) is 0 Å². The second kappa shape index (κ2) is 3.67. The Kier molecular flexibility index (Phi) is 2.26. The van der Waals surface area contributed by atoms with Gasteiger partial charge in [-0.15, -0.1) is 11.3 Å². The minimum atomic E-state index is 0.163. The van der Waals surface area contributed by atoms with E-state index in [2.05, 4.69) is 13.0 Å². The Morgan fingerprint density at radius 3 is 2.47 bits per heavy atom. The van der Waals surface area contributed by atoms with Crippen LogP contribution in [0.2, 0.25) is 0 Å². The maximum atomic E-state index is 12.5. The van der Waals surface area contributed by atoms with Crippen molar-refractivity contribution in [3.8, 4) is 0 Å². The zero-order valence-corrected chi connectivity index (χ0v) is 10.6. The van der Waals surface area contributed by atoms with Crippen LogP contribution in [0, 0.1) is 13.8 Å². The Morgan fingerprint density at radius 2 is 1.65 bits per heavy atom. The minimum absolute atomic E-state index is 0.163. The SMILES string of the molecule is Cc1ccc(C)c2c(=O)c3ccccc3sc12. The van der Waals surface area contributed by atoms with Gasteiger partial charge in [-0.1, -0.05) is 24.3 Å². The Bertz CT molecular complexity index is 784. The van der Waals surface area contributed by atoms with Crippen LogP contribution in [0.5, 0.6) is 0 Å². The van der Waals surface area contributed by atoms with Crippen molar-refractivity contribution < 1.29 is 0 Å². The fourth-order valence-corrected chi connectivity index (χ4v) is 3.41. The van der Waals surface area contributed by atoms with E-state index in [1.807, 2.05) is 37.3 Å². The first kappa shape index (κ1) is 10.5. The van der Waals surface area contributed by atoms with Crippen molar-refractivity contribution in [3.05, 3.63) is 57.7 Å². The largest absolute Gasteiger partial charge is 0.288 e. The van der Waals surface area contributed by atoms with Crippen molar-refractivity contribution in [2.75, 3.05) is 0 Å². The van der Waals surface area contributed by atoms with Crippen LogP contribution in [0.4, 0.5) is 0 Å². The summed E-state index contributed by atoms with van der Waals surface area (Å²) in [7, 11) is 0. The molecule has 84 valence electrons. The highest BCUT2D eigenvalue weighted by Gasteiger charge is 2.09. The molecule has 0 atom stereocenters. The quantitative estimate of drug-likeness (QED) is 0.542. The minimum Gasteiger partial charge on any atom is -0.288 e. The zero-order valence-electron chi connectivity index (χ0n) is 9.78. The number of rotatable bonds is 0. The molecule has 0 spiro atoms. The smallest absolute Gasteiger partial charge is 0.196 e. The topological polar surface area (TPSA) is 17.1 Å². The van der Waals surface area contributed by atoms with Crippen molar-refractivity contribution in [3.63, 3.8) is 0 Å². The van der Waals surface area contributed by atoms with E-state index in [0.29, 0.717) is 0 Å². The third-order valence-electron chi connectivity index (χ3n) is 3.13. The number of hydrogen-bond acceptors (Lipinski definition) is 2. The standard InChI is InChI=1S/C15H12OS/c1-9-7-8-10(2)15-13(9)14(16)11-5-3-4-6-12(11)17-15/h3-8H,1-2H3. The summed E-state index contributed by atoms with van der Waals surface area (Å²) in [5, 5.41) is 1.72. The van der Waals surface area contributed by atoms with Gasteiger partial charge in [0.05, 0.1) is 0 Å². The summed E-state index contributed by atoms with van der Waals surface area (Å²) in [6, 6.07) is 11.9. The lowest BCUT2D eigenvalue weighted by atomic mass is 10.1. The van der Waals surface area contributed by atoms with Gasteiger partial charge in [-0.3, -0.25) is 4.79 Å². The lowest BCUT2D eigenvalue weighted by Crippen LogP contribution is -2.03. The molecule has 0 amide bonds. The monoisotopic (exact) mass is 240 g/mol. The van der Waals surface area contributed by atoms with E-state index in [0.717, 1.165) is 25.7 Å². The lowest BCUT2D eigenvalue weighted by molar-refractivity contribution is 1.47. The highest BCUT2D eigenvalue weighted by atomic mass is 32.1. The first-order chi connectivity index (χ1) is 8.18. The van der Waals surface area contributed by atoms with Gasteiger partial charge in [0, 0.05) is 20.2 Å². The lowest BCUT2D eigenvalue weighted by Gasteiger charge is -2.06. The van der Waals surface area contributed by atoms with E-state index < -0.39 is 0 Å². The van der Waals surface area contributed by atoms with Crippen LogP contribution in [0.25, 0.3) is 20.2 Å². The molecular weight excluding hydrogens is 228 g/mol. The molecule has 1 aromatic heterocycles. The van der Waals surface area contributed by atoms with Crippen LogP contribution in [0.1, 0.15) is 11.1 Å². The molecule has 0 aliphatic rings. The van der Waals surface area contributed by atoms with Gasteiger partial charge in [0.2, 0.25) is 0 Å². The van der Waals surface area contributed by atoms with E-state index in [9.17, 15) is 4.79 Å². The maximum Gasteiger partial charge on any atom is 0.196 e. The number of hydrogen-bond donors (Lipinski definition) is 0. The fourth-order valence-electron chi connectivity index (χ4n) is 2.19. The Hall–Kier alpha value is -1.67. The van der Waals surface area contributed by atoms with E-state index >= 15 is 0 Å². The molecule has 2 aromatic carbocycles. The second-order valence-electron chi connectivity index (χ2n) is 4.33. The van der Waals surface area contributed by atoms with Crippen LogP contribution < -0.4 is 5.43 Å². The molecule has 3 rings (SSSR count).